The second kappa shape index (κ2) is 7.17. The number of carbonyl (C=O) groups is 1. The summed E-state index contributed by atoms with van der Waals surface area (Å²) in [5, 5.41) is 7.47. The van der Waals surface area contributed by atoms with Gasteiger partial charge in [0.1, 0.15) is 5.00 Å². The fraction of sp³-hybridized carbons (Fsp3) is 0.316. The van der Waals surface area contributed by atoms with Gasteiger partial charge in [-0.15, -0.1) is 11.3 Å². The van der Waals surface area contributed by atoms with Crippen molar-refractivity contribution in [3.05, 3.63) is 57.7 Å². The second-order valence-electron chi connectivity index (χ2n) is 6.42. The maximum absolute atomic E-state index is 12.7. The zero-order valence-electron chi connectivity index (χ0n) is 14.7. The van der Waals surface area contributed by atoms with E-state index >= 15 is 0 Å². The lowest BCUT2D eigenvalue weighted by molar-refractivity contribution is 0.102. The number of anilines is 2. The Labute approximate surface area is 160 Å². The lowest BCUT2D eigenvalue weighted by Crippen LogP contribution is -2.14. The first-order valence-corrected chi connectivity index (χ1v) is 10.2. The summed E-state index contributed by atoms with van der Waals surface area (Å²) in [5.74, 6) is 0.387. The van der Waals surface area contributed by atoms with Gasteiger partial charge in [0.15, 0.2) is 5.13 Å². The average molecular weight is 385 g/mol. The van der Waals surface area contributed by atoms with Crippen LogP contribution in [0.15, 0.2) is 30.3 Å². The van der Waals surface area contributed by atoms with Crippen LogP contribution in [0.3, 0.4) is 0 Å². The predicted molar refractivity (Wildman–Crippen MR) is 108 cm³/mol. The molecule has 0 saturated heterocycles. The van der Waals surface area contributed by atoms with Gasteiger partial charge >= 0.3 is 0 Å². The molecule has 2 heterocycles. The molecule has 1 aliphatic carbocycles. The van der Waals surface area contributed by atoms with Crippen molar-refractivity contribution in [2.75, 3.05) is 17.7 Å². The first kappa shape index (κ1) is 17.2. The van der Waals surface area contributed by atoms with Crippen LogP contribution in [0.25, 0.3) is 0 Å². The molecule has 1 aromatic carbocycles. The Kier molecular flexibility index (Phi) is 4.74. The van der Waals surface area contributed by atoms with E-state index in [4.69, 9.17) is 0 Å². The Morgan fingerprint density at radius 2 is 2.08 bits per heavy atom. The van der Waals surface area contributed by atoms with E-state index in [2.05, 4.69) is 50.3 Å². The summed E-state index contributed by atoms with van der Waals surface area (Å²) in [4.78, 5) is 18.6. The van der Waals surface area contributed by atoms with Crippen molar-refractivity contribution in [2.45, 2.75) is 32.1 Å². The summed E-state index contributed by atoms with van der Waals surface area (Å²) in [6.07, 6.45) is 3.06. The highest BCUT2D eigenvalue weighted by Gasteiger charge is 2.25. The highest BCUT2D eigenvalue weighted by atomic mass is 32.1. The van der Waals surface area contributed by atoms with Crippen LogP contribution in [0.4, 0.5) is 10.1 Å². The van der Waals surface area contributed by atoms with Crippen LogP contribution in [0.2, 0.25) is 0 Å². The summed E-state index contributed by atoms with van der Waals surface area (Å²) in [5.41, 5.74) is 3.86. The number of benzene rings is 1. The largest absolute Gasteiger partial charge is 0.378 e. The van der Waals surface area contributed by atoms with E-state index in [1.165, 1.54) is 22.0 Å². The zero-order chi connectivity index (χ0) is 18.1. The van der Waals surface area contributed by atoms with E-state index in [9.17, 15) is 4.79 Å². The molecular formula is C19H20N4OS2. The molecule has 3 aromatic rings. The number of hydrogen-bond acceptors (Lipinski definition) is 6. The van der Waals surface area contributed by atoms with Crippen molar-refractivity contribution in [1.29, 1.82) is 0 Å². The number of aromatic nitrogens is 2. The van der Waals surface area contributed by atoms with Crippen molar-refractivity contribution in [3.63, 3.8) is 0 Å². The smallest absolute Gasteiger partial charge is 0.262 e. The van der Waals surface area contributed by atoms with E-state index in [0.717, 1.165) is 35.7 Å². The van der Waals surface area contributed by atoms with E-state index in [0.29, 0.717) is 16.6 Å². The number of fused-ring (bicyclic) bond motifs is 1. The zero-order valence-corrected chi connectivity index (χ0v) is 16.3. The number of nitrogens with one attached hydrogen (secondary N) is 2. The molecule has 0 spiro atoms. The summed E-state index contributed by atoms with van der Waals surface area (Å²) in [7, 11) is 1.80. The maximum atomic E-state index is 12.7. The first-order chi connectivity index (χ1) is 12.7. The molecule has 0 fully saturated rings. The van der Waals surface area contributed by atoms with Gasteiger partial charge in [-0.05, 0) is 49.2 Å². The number of rotatable bonds is 4. The number of nitrogens with zero attached hydrogens (tertiary/aromatic N) is 2. The van der Waals surface area contributed by atoms with Gasteiger partial charge < -0.3 is 5.32 Å². The average Bonchev–Trinajstić information content (AvgIpc) is 3.23. The SMILES string of the molecule is CNc1snc(C)c1C(=O)Nc1nc2c(s1)CC(c1ccccc1)CC2. The second-order valence-corrected chi connectivity index (χ2v) is 8.27. The minimum atomic E-state index is -0.147. The molecule has 1 aliphatic rings. The van der Waals surface area contributed by atoms with Crippen LogP contribution in [-0.4, -0.2) is 22.3 Å². The van der Waals surface area contributed by atoms with Crippen molar-refractivity contribution in [3.8, 4) is 0 Å². The molecular weight excluding hydrogens is 364 g/mol. The Morgan fingerprint density at radius 1 is 1.27 bits per heavy atom. The Balaban J connectivity index is 1.52. The van der Waals surface area contributed by atoms with Gasteiger partial charge in [-0.1, -0.05) is 30.3 Å². The third kappa shape index (κ3) is 3.24. The summed E-state index contributed by atoms with van der Waals surface area (Å²) >= 11 is 2.90. The standard InChI is InChI=1S/C19H20N4OS2/c1-11-16(18(20-2)26-23-11)17(24)22-19-21-14-9-8-13(10-15(14)25-19)12-6-4-3-5-7-12/h3-7,13,20H,8-10H2,1-2H3,(H,21,22,24). The lowest BCUT2D eigenvalue weighted by atomic mass is 9.85. The quantitative estimate of drug-likeness (QED) is 0.696. The number of amides is 1. The highest BCUT2D eigenvalue weighted by molar-refractivity contribution is 7.16. The van der Waals surface area contributed by atoms with Crippen LogP contribution in [-0.2, 0) is 12.8 Å². The van der Waals surface area contributed by atoms with Crippen molar-refractivity contribution < 1.29 is 4.79 Å². The molecule has 2 N–H and O–H groups in total. The molecule has 0 bridgehead atoms. The molecule has 7 heteroatoms. The van der Waals surface area contributed by atoms with Crippen molar-refractivity contribution in [1.82, 2.24) is 9.36 Å². The normalized spacial score (nSPS) is 16.2. The van der Waals surface area contributed by atoms with Crippen molar-refractivity contribution >= 4 is 38.9 Å². The molecule has 0 aliphatic heterocycles. The number of carbonyl (C=O) groups excluding carboxylic acids is 1. The summed E-state index contributed by atoms with van der Waals surface area (Å²) < 4.78 is 4.26. The van der Waals surface area contributed by atoms with E-state index in [-0.39, 0.29) is 5.91 Å². The third-order valence-electron chi connectivity index (χ3n) is 4.75. The maximum Gasteiger partial charge on any atom is 0.262 e. The fourth-order valence-electron chi connectivity index (χ4n) is 3.41. The van der Waals surface area contributed by atoms with Crippen LogP contribution in [0.5, 0.6) is 0 Å². The van der Waals surface area contributed by atoms with Gasteiger partial charge in [-0.2, -0.15) is 4.37 Å². The van der Waals surface area contributed by atoms with E-state index in [1.807, 2.05) is 6.92 Å². The molecule has 1 amide bonds. The van der Waals surface area contributed by atoms with Crippen LogP contribution in [0, 0.1) is 6.92 Å². The topological polar surface area (TPSA) is 66.9 Å². The Morgan fingerprint density at radius 3 is 2.85 bits per heavy atom. The summed E-state index contributed by atoms with van der Waals surface area (Å²) in [6.45, 7) is 1.85. The molecule has 0 radical (unpaired) electrons. The molecule has 4 rings (SSSR count). The number of hydrogen-bond donors (Lipinski definition) is 2. The van der Waals surface area contributed by atoms with Crippen LogP contribution in [0.1, 0.15) is 44.5 Å². The molecule has 5 nitrogen and oxygen atoms in total. The van der Waals surface area contributed by atoms with E-state index in [1.54, 1.807) is 18.4 Å². The van der Waals surface area contributed by atoms with Crippen LogP contribution >= 0.6 is 22.9 Å². The highest BCUT2D eigenvalue weighted by Crippen LogP contribution is 2.37. The fourth-order valence-corrected chi connectivity index (χ4v) is 5.23. The Hall–Kier alpha value is -2.25. The molecule has 134 valence electrons. The predicted octanol–water partition coefficient (Wildman–Crippen LogP) is 4.47. The van der Waals surface area contributed by atoms with Gasteiger partial charge in [-0.3, -0.25) is 10.1 Å². The monoisotopic (exact) mass is 384 g/mol. The van der Waals surface area contributed by atoms with Gasteiger partial charge in [0.05, 0.1) is 17.0 Å². The molecule has 26 heavy (non-hydrogen) atoms. The molecule has 1 unspecified atom stereocenters. The van der Waals surface area contributed by atoms with Crippen molar-refractivity contribution in [2.24, 2.45) is 0 Å². The first-order valence-electron chi connectivity index (χ1n) is 8.64. The van der Waals surface area contributed by atoms with Gasteiger partial charge in [-0.25, -0.2) is 4.98 Å². The molecule has 1 atom stereocenters. The van der Waals surface area contributed by atoms with Gasteiger partial charge in [0.25, 0.3) is 5.91 Å². The van der Waals surface area contributed by atoms with Crippen LogP contribution < -0.4 is 10.6 Å². The molecule has 2 aromatic heterocycles. The minimum absolute atomic E-state index is 0.147. The third-order valence-corrected chi connectivity index (χ3v) is 6.74. The molecule has 0 saturated carbocycles. The summed E-state index contributed by atoms with van der Waals surface area (Å²) in [6, 6.07) is 10.6. The number of thiazole rings is 1. The van der Waals surface area contributed by atoms with E-state index < -0.39 is 0 Å². The van der Waals surface area contributed by atoms with Gasteiger partial charge in [0, 0.05) is 11.9 Å². The minimum Gasteiger partial charge on any atom is -0.378 e. The Bertz CT molecular complexity index is 932. The lowest BCUT2D eigenvalue weighted by Gasteiger charge is -2.21. The number of aryl methyl sites for hydroxylation is 2. The van der Waals surface area contributed by atoms with Gasteiger partial charge in [0.2, 0.25) is 0 Å².